The van der Waals surface area contributed by atoms with Crippen molar-refractivity contribution in [3.05, 3.63) is 41.2 Å². The minimum Gasteiger partial charge on any atom is -0.479 e. The average molecular weight is 296 g/mol. The Kier molecular flexibility index (Phi) is 3.94. The number of halogens is 1. The maximum atomic E-state index is 11.9. The Balaban J connectivity index is 2.18. The van der Waals surface area contributed by atoms with Crippen LogP contribution in [0.15, 0.2) is 24.8 Å². The Hall–Kier alpha value is -2.48. The summed E-state index contributed by atoms with van der Waals surface area (Å²) >= 11 is 5.56. The lowest BCUT2D eigenvalue weighted by Gasteiger charge is -2.12. The molecule has 2 aromatic heterocycles. The third-order valence-electron chi connectivity index (χ3n) is 2.43. The molecule has 0 aromatic carbocycles. The molecule has 0 aliphatic carbocycles. The Morgan fingerprint density at radius 1 is 1.35 bits per heavy atom. The minimum absolute atomic E-state index is 0.0236. The minimum atomic E-state index is -1.21. The van der Waals surface area contributed by atoms with Gasteiger partial charge >= 0.3 is 5.97 Å². The summed E-state index contributed by atoms with van der Waals surface area (Å²) in [4.78, 5) is 30.6. The highest BCUT2D eigenvalue weighted by Gasteiger charge is 2.24. The van der Waals surface area contributed by atoms with Crippen molar-refractivity contribution in [3.8, 4) is 0 Å². The van der Waals surface area contributed by atoms with E-state index in [1.165, 1.54) is 29.5 Å². The van der Waals surface area contributed by atoms with Crippen molar-refractivity contribution in [2.24, 2.45) is 7.05 Å². The van der Waals surface area contributed by atoms with Crippen LogP contribution in [0, 0.1) is 0 Å². The van der Waals surface area contributed by atoms with Gasteiger partial charge in [-0.1, -0.05) is 11.6 Å². The molecule has 8 nitrogen and oxygen atoms in total. The summed E-state index contributed by atoms with van der Waals surface area (Å²) in [6.45, 7) is 0. The number of nitrogens with zero attached hydrogens (tertiary/aromatic N) is 4. The molecule has 20 heavy (non-hydrogen) atoms. The standard InChI is InChI=1S/C11H10ClN5O3/c1-17-5-6(2-15-17)9(11(19)20)16-10(18)7-3-14-8(12)4-13-7/h2-5,9H,1H3,(H,16,18)(H,19,20). The van der Waals surface area contributed by atoms with Crippen LogP contribution in [0.4, 0.5) is 0 Å². The lowest BCUT2D eigenvalue weighted by molar-refractivity contribution is -0.139. The molecule has 104 valence electrons. The maximum Gasteiger partial charge on any atom is 0.331 e. The van der Waals surface area contributed by atoms with Crippen LogP contribution in [0.3, 0.4) is 0 Å². The quantitative estimate of drug-likeness (QED) is 0.846. The van der Waals surface area contributed by atoms with Crippen LogP contribution in [0.2, 0.25) is 5.15 Å². The molecule has 1 atom stereocenters. The van der Waals surface area contributed by atoms with Crippen LogP contribution in [-0.4, -0.2) is 36.7 Å². The SMILES string of the molecule is Cn1cc(C(NC(=O)c2cnc(Cl)cn2)C(=O)O)cn1. The maximum absolute atomic E-state index is 11.9. The zero-order chi connectivity index (χ0) is 14.7. The molecule has 2 aromatic rings. The van der Waals surface area contributed by atoms with Gasteiger partial charge in [-0.2, -0.15) is 5.10 Å². The molecule has 0 fully saturated rings. The van der Waals surface area contributed by atoms with Gasteiger partial charge in [0.05, 0.1) is 18.6 Å². The molecule has 2 heterocycles. The van der Waals surface area contributed by atoms with Gasteiger partial charge in [0.1, 0.15) is 10.8 Å². The topological polar surface area (TPSA) is 110 Å². The zero-order valence-corrected chi connectivity index (χ0v) is 11.1. The molecule has 2 rings (SSSR count). The number of carbonyl (C=O) groups excluding carboxylic acids is 1. The first-order chi connectivity index (χ1) is 9.47. The van der Waals surface area contributed by atoms with Gasteiger partial charge in [-0.15, -0.1) is 0 Å². The predicted molar refractivity (Wildman–Crippen MR) is 68.1 cm³/mol. The second-order valence-electron chi connectivity index (χ2n) is 3.92. The Morgan fingerprint density at radius 3 is 2.60 bits per heavy atom. The molecule has 0 aliphatic rings. The zero-order valence-electron chi connectivity index (χ0n) is 10.3. The Bertz CT molecular complexity index is 640. The number of carboxylic acids is 1. The number of aromatic nitrogens is 4. The fraction of sp³-hybridized carbons (Fsp3) is 0.182. The fourth-order valence-corrected chi connectivity index (χ4v) is 1.61. The van der Waals surface area contributed by atoms with Gasteiger partial charge in [-0.3, -0.25) is 9.48 Å². The highest BCUT2D eigenvalue weighted by molar-refractivity contribution is 6.29. The number of amides is 1. The first-order valence-electron chi connectivity index (χ1n) is 5.47. The van der Waals surface area contributed by atoms with Gasteiger partial charge in [-0.05, 0) is 0 Å². The van der Waals surface area contributed by atoms with Gasteiger partial charge in [0.25, 0.3) is 5.91 Å². The Labute approximate surface area is 118 Å². The van der Waals surface area contributed by atoms with Crippen molar-refractivity contribution < 1.29 is 14.7 Å². The summed E-state index contributed by atoms with van der Waals surface area (Å²) in [5.41, 5.74) is 0.333. The number of rotatable bonds is 4. The largest absolute Gasteiger partial charge is 0.479 e. The molecular formula is C11H10ClN5O3. The molecule has 0 spiro atoms. The molecular weight excluding hydrogens is 286 g/mol. The highest BCUT2D eigenvalue weighted by atomic mass is 35.5. The Morgan fingerprint density at radius 2 is 2.10 bits per heavy atom. The van der Waals surface area contributed by atoms with E-state index in [1.807, 2.05) is 0 Å². The molecule has 0 radical (unpaired) electrons. The van der Waals surface area contributed by atoms with Crippen molar-refractivity contribution >= 4 is 23.5 Å². The van der Waals surface area contributed by atoms with Gasteiger partial charge in [0.2, 0.25) is 0 Å². The van der Waals surface area contributed by atoms with E-state index in [1.54, 1.807) is 7.05 Å². The first kappa shape index (κ1) is 13.9. The van der Waals surface area contributed by atoms with Crippen molar-refractivity contribution in [1.82, 2.24) is 25.1 Å². The monoisotopic (exact) mass is 295 g/mol. The molecule has 0 saturated carbocycles. The van der Waals surface area contributed by atoms with Crippen LogP contribution in [0.1, 0.15) is 22.1 Å². The summed E-state index contributed by atoms with van der Waals surface area (Å²) in [6, 6.07) is -1.21. The van der Waals surface area contributed by atoms with Crippen LogP contribution in [-0.2, 0) is 11.8 Å². The van der Waals surface area contributed by atoms with E-state index in [9.17, 15) is 9.59 Å². The molecule has 0 bridgehead atoms. The molecule has 0 aliphatic heterocycles. The second kappa shape index (κ2) is 5.66. The third-order valence-corrected chi connectivity index (χ3v) is 2.63. The highest BCUT2D eigenvalue weighted by Crippen LogP contribution is 2.13. The van der Waals surface area contributed by atoms with E-state index < -0.39 is 17.9 Å². The molecule has 0 saturated heterocycles. The van der Waals surface area contributed by atoms with E-state index in [0.717, 1.165) is 0 Å². The predicted octanol–water partition coefficient (Wildman–Crippen LogP) is 0.419. The number of carbonyl (C=O) groups is 2. The smallest absolute Gasteiger partial charge is 0.331 e. The summed E-state index contributed by atoms with van der Waals surface area (Å²) < 4.78 is 1.44. The van der Waals surface area contributed by atoms with E-state index in [-0.39, 0.29) is 10.8 Å². The van der Waals surface area contributed by atoms with Crippen LogP contribution >= 0.6 is 11.6 Å². The lowest BCUT2D eigenvalue weighted by atomic mass is 10.1. The van der Waals surface area contributed by atoms with Gasteiger partial charge in [-0.25, -0.2) is 14.8 Å². The van der Waals surface area contributed by atoms with Crippen molar-refractivity contribution in [2.75, 3.05) is 0 Å². The van der Waals surface area contributed by atoms with E-state index in [0.29, 0.717) is 5.56 Å². The molecule has 9 heteroatoms. The third kappa shape index (κ3) is 3.09. The average Bonchev–Trinajstić information content (AvgIpc) is 2.82. The van der Waals surface area contributed by atoms with Crippen molar-refractivity contribution in [3.63, 3.8) is 0 Å². The van der Waals surface area contributed by atoms with E-state index in [4.69, 9.17) is 16.7 Å². The molecule has 1 amide bonds. The van der Waals surface area contributed by atoms with Crippen LogP contribution in [0.5, 0.6) is 0 Å². The summed E-state index contributed by atoms with van der Waals surface area (Å²) in [7, 11) is 1.65. The normalized spacial score (nSPS) is 11.9. The van der Waals surface area contributed by atoms with Crippen molar-refractivity contribution in [2.45, 2.75) is 6.04 Å². The van der Waals surface area contributed by atoms with Crippen molar-refractivity contribution in [1.29, 1.82) is 0 Å². The fourth-order valence-electron chi connectivity index (χ4n) is 1.51. The number of hydrogen-bond donors (Lipinski definition) is 2. The van der Waals surface area contributed by atoms with E-state index >= 15 is 0 Å². The van der Waals surface area contributed by atoms with Gasteiger partial charge in [0.15, 0.2) is 6.04 Å². The summed E-state index contributed by atoms with van der Waals surface area (Å²) in [5.74, 6) is -1.86. The summed E-state index contributed by atoms with van der Waals surface area (Å²) in [5, 5.41) is 15.5. The van der Waals surface area contributed by atoms with Crippen LogP contribution in [0.25, 0.3) is 0 Å². The van der Waals surface area contributed by atoms with Gasteiger partial charge in [0, 0.05) is 18.8 Å². The first-order valence-corrected chi connectivity index (χ1v) is 5.85. The van der Waals surface area contributed by atoms with Gasteiger partial charge < -0.3 is 10.4 Å². The number of nitrogens with one attached hydrogen (secondary N) is 1. The number of aliphatic carboxylic acids is 1. The summed E-state index contributed by atoms with van der Waals surface area (Å²) in [6.07, 6.45) is 5.25. The van der Waals surface area contributed by atoms with E-state index in [2.05, 4.69) is 20.4 Å². The van der Waals surface area contributed by atoms with Crippen LogP contribution < -0.4 is 5.32 Å². The number of hydrogen-bond acceptors (Lipinski definition) is 5. The molecule has 1 unspecified atom stereocenters. The number of aryl methyl sites for hydroxylation is 1. The number of carboxylic acid groups (broad SMARTS) is 1. The lowest BCUT2D eigenvalue weighted by Crippen LogP contribution is -2.34. The second-order valence-corrected chi connectivity index (χ2v) is 4.30. The molecule has 2 N–H and O–H groups in total.